The smallest absolute Gasteiger partial charge is 0.0352 e. The van der Waals surface area contributed by atoms with Crippen molar-refractivity contribution in [2.45, 2.75) is 32.4 Å². The summed E-state index contributed by atoms with van der Waals surface area (Å²) < 4.78 is 0. The van der Waals surface area contributed by atoms with Crippen molar-refractivity contribution < 1.29 is 0 Å². The van der Waals surface area contributed by atoms with E-state index in [1.165, 1.54) is 33.0 Å². The summed E-state index contributed by atoms with van der Waals surface area (Å²) in [5, 5.41) is 2.54. The largest absolute Gasteiger partial charge is 0.328 e. The third-order valence-electron chi connectivity index (χ3n) is 5.27. The maximum Gasteiger partial charge on any atom is 0.0352 e. The van der Waals surface area contributed by atoms with Crippen LogP contribution in [0.25, 0.3) is 21.9 Å². The molecule has 1 aliphatic heterocycles. The number of hydrogen-bond donors (Lipinski definition) is 1. The predicted molar refractivity (Wildman–Crippen MR) is 104 cm³/mol. The fraction of sp³-hybridized carbons (Fsp3) is 0.318. The predicted octanol–water partition coefficient (Wildman–Crippen LogP) is 4.13. The van der Waals surface area contributed by atoms with Crippen LogP contribution in [0.2, 0.25) is 0 Å². The third-order valence-corrected chi connectivity index (χ3v) is 5.27. The van der Waals surface area contributed by atoms with Crippen LogP contribution in [0, 0.1) is 6.92 Å². The molecule has 3 nitrogen and oxygen atoms in total. The van der Waals surface area contributed by atoms with E-state index in [9.17, 15) is 0 Å². The molecule has 1 aromatic heterocycles. The van der Waals surface area contributed by atoms with E-state index >= 15 is 0 Å². The molecule has 2 heterocycles. The lowest BCUT2D eigenvalue weighted by Gasteiger charge is -2.30. The Balaban J connectivity index is 1.72. The number of aryl methyl sites for hydroxylation is 1. The van der Waals surface area contributed by atoms with Gasteiger partial charge in [-0.1, -0.05) is 36.4 Å². The van der Waals surface area contributed by atoms with Gasteiger partial charge in [0.05, 0.1) is 0 Å². The van der Waals surface area contributed by atoms with E-state index < -0.39 is 0 Å². The van der Waals surface area contributed by atoms with Gasteiger partial charge in [0.1, 0.15) is 0 Å². The van der Waals surface area contributed by atoms with E-state index in [1.807, 2.05) is 12.4 Å². The molecule has 1 aliphatic rings. The van der Waals surface area contributed by atoms with Gasteiger partial charge in [0, 0.05) is 35.9 Å². The maximum absolute atomic E-state index is 6.04. The van der Waals surface area contributed by atoms with Crippen molar-refractivity contribution in [3.8, 4) is 11.1 Å². The summed E-state index contributed by atoms with van der Waals surface area (Å²) in [7, 11) is 0. The van der Waals surface area contributed by atoms with Gasteiger partial charge in [0.15, 0.2) is 0 Å². The molecule has 0 bridgehead atoms. The van der Waals surface area contributed by atoms with Gasteiger partial charge in [-0.05, 0) is 61.0 Å². The summed E-state index contributed by atoms with van der Waals surface area (Å²) in [6.07, 6.45) is 6.18. The molecule has 0 radical (unpaired) electrons. The Kier molecular flexibility index (Phi) is 4.51. The Bertz CT molecular complexity index is 865. The zero-order valence-corrected chi connectivity index (χ0v) is 14.8. The van der Waals surface area contributed by atoms with Crippen LogP contribution in [0.5, 0.6) is 0 Å². The second-order valence-corrected chi connectivity index (χ2v) is 7.17. The normalized spacial score (nSPS) is 16.4. The molecule has 2 N–H and O–H groups in total. The number of nitrogens with zero attached hydrogens (tertiary/aromatic N) is 2. The fourth-order valence-electron chi connectivity index (χ4n) is 3.83. The van der Waals surface area contributed by atoms with Gasteiger partial charge in [0.2, 0.25) is 0 Å². The number of fused-ring (bicyclic) bond motifs is 1. The number of likely N-dealkylation sites (tertiary alicyclic amines) is 1. The van der Waals surface area contributed by atoms with Crippen LogP contribution in [0.4, 0.5) is 0 Å². The van der Waals surface area contributed by atoms with E-state index in [1.54, 1.807) is 0 Å². The first kappa shape index (κ1) is 16.2. The van der Waals surface area contributed by atoms with Crippen molar-refractivity contribution in [2.75, 3.05) is 13.1 Å². The molecule has 0 spiro atoms. The van der Waals surface area contributed by atoms with Crippen LogP contribution < -0.4 is 5.73 Å². The number of benzene rings is 2. The second-order valence-electron chi connectivity index (χ2n) is 7.17. The zero-order valence-electron chi connectivity index (χ0n) is 14.8. The molecule has 0 aliphatic carbocycles. The first-order valence-corrected chi connectivity index (χ1v) is 9.11. The first-order valence-electron chi connectivity index (χ1n) is 9.11. The Hall–Kier alpha value is -2.23. The van der Waals surface area contributed by atoms with Crippen molar-refractivity contribution in [3.63, 3.8) is 0 Å². The zero-order chi connectivity index (χ0) is 17.2. The van der Waals surface area contributed by atoms with Crippen LogP contribution in [0.1, 0.15) is 24.0 Å². The monoisotopic (exact) mass is 331 g/mol. The van der Waals surface area contributed by atoms with Gasteiger partial charge in [0.25, 0.3) is 0 Å². The minimum Gasteiger partial charge on any atom is -0.328 e. The lowest BCUT2D eigenvalue weighted by atomic mass is 9.96. The minimum absolute atomic E-state index is 0.380. The van der Waals surface area contributed by atoms with Crippen molar-refractivity contribution in [1.82, 2.24) is 9.88 Å². The second kappa shape index (κ2) is 6.95. The summed E-state index contributed by atoms with van der Waals surface area (Å²) in [5.74, 6) is 0. The van der Waals surface area contributed by atoms with Crippen molar-refractivity contribution in [2.24, 2.45) is 5.73 Å². The maximum atomic E-state index is 6.04. The average molecular weight is 331 g/mol. The molecule has 1 saturated heterocycles. The molecular weight excluding hydrogens is 306 g/mol. The molecule has 1 fully saturated rings. The summed E-state index contributed by atoms with van der Waals surface area (Å²) in [6, 6.07) is 15.6. The molecule has 0 saturated carbocycles. The molecule has 25 heavy (non-hydrogen) atoms. The lowest BCUT2D eigenvalue weighted by molar-refractivity contribution is 0.205. The molecule has 0 atom stereocenters. The first-order chi connectivity index (χ1) is 12.2. The van der Waals surface area contributed by atoms with E-state index in [0.29, 0.717) is 6.04 Å². The summed E-state index contributed by atoms with van der Waals surface area (Å²) in [6.45, 7) is 5.38. The van der Waals surface area contributed by atoms with Gasteiger partial charge >= 0.3 is 0 Å². The summed E-state index contributed by atoms with van der Waals surface area (Å²) in [5.41, 5.74) is 11.2. The van der Waals surface area contributed by atoms with E-state index in [2.05, 4.69) is 59.3 Å². The standard InChI is InChI=1S/C22H25N3/c1-16-11-17(15-25-9-7-19(23)8-10-25)12-20-21(16)13-24-14-22(20)18-5-3-2-4-6-18/h2-6,11-14,19H,7-10,15,23H2,1H3. The van der Waals surface area contributed by atoms with Gasteiger partial charge in [-0.15, -0.1) is 0 Å². The molecule has 128 valence electrons. The van der Waals surface area contributed by atoms with Crippen LogP contribution in [-0.2, 0) is 6.54 Å². The van der Waals surface area contributed by atoms with Gasteiger partial charge in [-0.25, -0.2) is 0 Å². The Morgan fingerprint density at radius 1 is 1.04 bits per heavy atom. The summed E-state index contributed by atoms with van der Waals surface area (Å²) in [4.78, 5) is 7.00. The highest BCUT2D eigenvalue weighted by Crippen LogP contribution is 2.30. The van der Waals surface area contributed by atoms with Crippen LogP contribution in [0.15, 0.2) is 54.9 Å². The molecule has 4 rings (SSSR count). The van der Waals surface area contributed by atoms with Gasteiger partial charge in [-0.3, -0.25) is 9.88 Å². The van der Waals surface area contributed by atoms with Crippen LogP contribution >= 0.6 is 0 Å². The van der Waals surface area contributed by atoms with E-state index in [-0.39, 0.29) is 0 Å². The van der Waals surface area contributed by atoms with Gasteiger partial charge < -0.3 is 5.73 Å². The minimum atomic E-state index is 0.380. The Morgan fingerprint density at radius 2 is 1.80 bits per heavy atom. The average Bonchev–Trinajstić information content (AvgIpc) is 2.64. The van der Waals surface area contributed by atoms with Crippen molar-refractivity contribution in [1.29, 1.82) is 0 Å². The molecule has 2 aromatic carbocycles. The highest BCUT2D eigenvalue weighted by Gasteiger charge is 2.17. The number of nitrogens with two attached hydrogens (primary N) is 1. The van der Waals surface area contributed by atoms with Crippen molar-refractivity contribution >= 4 is 10.8 Å². The van der Waals surface area contributed by atoms with Crippen LogP contribution in [-0.4, -0.2) is 29.0 Å². The molecule has 0 amide bonds. The highest BCUT2D eigenvalue weighted by molar-refractivity contribution is 5.97. The Morgan fingerprint density at radius 3 is 2.56 bits per heavy atom. The molecule has 3 aromatic rings. The fourth-order valence-corrected chi connectivity index (χ4v) is 3.83. The molecule has 3 heteroatoms. The number of rotatable bonds is 3. The topological polar surface area (TPSA) is 42.1 Å². The van der Waals surface area contributed by atoms with E-state index in [4.69, 9.17) is 5.73 Å². The number of hydrogen-bond acceptors (Lipinski definition) is 3. The van der Waals surface area contributed by atoms with Gasteiger partial charge in [-0.2, -0.15) is 0 Å². The number of pyridine rings is 1. The van der Waals surface area contributed by atoms with Crippen LogP contribution in [0.3, 0.4) is 0 Å². The number of piperidine rings is 1. The summed E-state index contributed by atoms with van der Waals surface area (Å²) >= 11 is 0. The molecule has 0 unspecified atom stereocenters. The quantitative estimate of drug-likeness (QED) is 0.784. The Labute approximate surface area is 149 Å². The molecular formula is C22H25N3. The van der Waals surface area contributed by atoms with Crippen molar-refractivity contribution in [3.05, 3.63) is 66.0 Å². The highest BCUT2D eigenvalue weighted by atomic mass is 15.1. The van der Waals surface area contributed by atoms with E-state index in [0.717, 1.165) is 32.5 Å². The lowest BCUT2D eigenvalue weighted by Crippen LogP contribution is -2.39. The number of aromatic nitrogens is 1. The third kappa shape index (κ3) is 3.44. The SMILES string of the molecule is Cc1cc(CN2CCC(N)CC2)cc2c(-c3ccccc3)cncc12.